The Hall–Kier alpha value is -5.47. The van der Waals surface area contributed by atoms with Gasteiger partial charge < -0.3 is 38.6 Å². The first kappa shape index (κ1) is 61.1. The minimum Gasteiger partial charge on any atom is -0.405 e. The second kappa shape index (κ2) is 24.6. The van der Waals surface area contributed by atoms with Gasteiger partial charge in [-0.1, -0.05) is 53.7 Å². The van der Waals surface area contributed by atoms with Crippen LogP contribution in [0.4, 0.5) is 11.6 Å². The average Bonchev–Trinajstić information content (AvgIpc) is 4.42. The minimum atomic E-state index is -0.476. The molecule has 13 rings (SSSR count). The van der Waals surface area contributed by atoms with E-state index in [9.17, 15) is 0 Å². The number of anilines is 2. The van der Waals surface area contributed by atoms with Gasteiger partial charge in [-0.05, 0) is 223 Å². The van der Waals surface area contributed by atoms with Crippen LogP contribution in [0.2, 0.25) is 0 Å². The van der Waals surface area contributed by atoms with Crippen molar-refractivity contribution in [2.45, 2.75) is 194 Å². The standard InChI is InChI=1S/C16H17N5O.C12H24B2O4.C12H15BN2O3.C10H14BrN3.C6H3BrN2O/c1-10-17-9-13(16(18-10)19-12-4-2-3-5-12)11-6-7-14-15(8-11)21-22-20-14;1-9(2)10(3,4)16-13(15-9)14-17-11(5,6)12(7,8)18-14;1-11(2)12(3,4)17-13(16-11)8-5-6-9-10(7-8)15-18-14-9;1-7-12-6-9(11)10(13-7)14-8-4-2-3-5-8;7-4-1-2-5-6(3-4)9-10-8-5/h6-9,12H,2-5H2,1H3,(H,17,18,19);1-8H3;5-7H,1-4H3;6,8H,2-5H2,1H3,(H,12,13,14);1-3H. The molecular weight excluding hydrogens is 1180 g/mol. The summed E-state index contributed by atoms with van der Waals surface area (Å²) in [7, 11) is -1.33. The van der Waals surface area contributed by atoms with E-state index >= 15 is 0 Å². The Morgan fingerprint density at radius 3 is 1.34 bits per heavy atom. The summed E-state index contributed by atoms with van der Waals surface area (Å²) in [5, 5.41) is 29.7. The summed E-state index contributed by atoms with van der Waals surface area (Å²) in [6, 6.07) is 18.2. The van der Waals surface area contributed by atoms with Crippen molar-refractivity contribution in [1.29, 1.82) is 0 Å². The molecule has 3 saturated heterocycles. The van der Waals surface area contributed by atoms with Gasteiger partial charge in [0.15, 0.2) is 0 Å². The highest BCUT2D eigenvalue weighted by molar-refractivity contribution is 9.10. The number of hydrogen-bond donors (Lipinski definition) is 2. The number of nitrogens with one attached hydrogen (secondary N) is 2. The summed E-state index contributed by atoms with van der Waals surface area (Å²) < 4.78 is 51.7. The van der Waals surface area contributed by atoms with Gasteiger partial charge in [-0.25, -0.2) is 33.8 Å². The molecule has 0 amide bonds. The molecule has 0 atom stereocenters. The van der Waals surface area contributed by atoms with E-state index < -0.39 is 14.0 Å². The highest BCUT2D eigenvalue weighted by atomic mass is 79.9. The van der Waals surface area contributed by atoms with Crippen molar-refractivity contribution in [3.63, 3.8) is 0 Å². The summed E-state index contributed by atoms with van der Waals surface area (Å²) in [6.45, 7) is 28.2. The van der Waals surface area contributed by atoms with Gasteiger partial charge in [-0.3, -0.25) is 0 Å². The molecule has 2 aliphatic carbocycles. The quantitative estimate of drug-likeness (QED) is 0.141. The van der Waals surface area contributed by atoms with E-state index in [0.29, 0.717) is 17.6 Å². The first-order valence-electron chi connectivity index (χ1n) is 27.9. The molecule has 82 heavy (non-hydrogen) atoms. The molecule has 8 aromatic rings. The second-order valence-electron chi connectivity index (χ2n) is 24.3. The smallest absolute Gasteiger partial charge is 0.405 e. The van der Waals surface area contributed by atoms with Crippen LogP contribution in [-0.4, -0.2) is 118 Å². The molecule has 5 aliphatic rings. The molecule has 3 aromatic carbocycles. The van der Waals surface area contributed by atoms with E-state index in [2.05, 4.69) is 103 Å². The molecule has 21 nitrogen and oxygen atoms in total. The minimum absolute atomic E-state index is 0.339. The van der Waals surface area contributed by atoms with Gasteiger partial charge in [0.05, 0.1) is 38.1 Å². The van der Waals surface area contributed by atoms with Crippen LogP contribution in [0.5, 0.6) is 0 Å². The van der Waals surface area contributed by atoms with Crippen LogP contribution in [-0.2, 0) is 27.9 Å². The van der Waals surface area contributed by atoms with Crippen molar-refractivity contribution in [2.24, 2.45) is 0 Å². The largest absolute Gasteiger partial charge is 0.494 e. The molecular formula is C56H73B3Br2N12O9. The van der Waals surface area contributed by atoms with Crippen molar-refractivity contribution in [1.82, 2.24) is 50.9 Å². The number of rotatable bonds is 7. The zero-order valence-corrected chi connectivity index (χ0v) is 52.5. The SMILES string of the molecule is Brc1ccc2nonc2c1.CC1(C)OB(B2OC(C)(C)C(C)(C)O2)OC1(C)C.CC1(C)OB(c2ccc3nonc3c2)OC1(C)C.Cc1ncc(-c2ccc3nonc3c2)c(NC2CCCC2)n1.Cc1ncc(Br)c(NC2CCCC2)n1. The fourth-order valence-electron chi connectivity index (χ4n) is 9.50. The van der Waals surface area contributed by atoms with Crippen LogP contribution in [0.25, 0.3) is 44.2 Å². The third kappa shape index (κ3) is 14.2. The first-order valence-corrected chi connectivity index (χ1v) is 29.5. The van der Waals surface area contributed by atoms with E-state index in [4.69, 9.17) is 32.6 Å². The Bertz CT molecular complexity index is 3380. The summed E-state index contributed by atoms with van der Waals surface area (Å²) in [5.41, 5.74) is 5.30. The van der Waals surface area contributed by atoms with Gasteiger partial charge in [-0.15, -0.1) is 0 Å². The lowest BCUT2D eigenvalue weighted by Gasteiger charge is -2.32. The maximum Gasteiger partial charge on any atom is 0.494 e. The molecule has 2 N–H and O–H groups in total. The molecule has 3 aliphatic heterocycles. The highest BCUT2D eigenvalue weighted by Gasteiger charge is 2.64. The predicted molar refractivity (Wildman–Crippen MR) is 323 cm³/mol. The van der Waals surface area contributed by atoms with E-state index in [-0.39, 0.29) is 40.7 Å². The van der Waals surface area contributed by atoms with Gasteiger partial charge in [0, 0.05) is 34.5 Å². The molecule has 5 aromatic heterocycles. The van der Waals surface area contributed by atoms with Crippen LogP contribution in [0.3, 0.4) is 0 Å². The Labute approximate surface area is 496 Å². The maximum atomic E-state index is 5.97. The molecule has 0 spiro atoms. The van der Waals surface area contributed by atoms with Gasteiger partial charge >= 0.3 is 21.1 Å². The maximum absolute atomic E-state index is 5.97. The first-order chi connectivity index (χ1) is 38.7. The lowest BCUT2D eigenvalue weighted by atomic mass is 9.49. The van der Waals surface area contributed by atoms with E-state index in [1.165, 1.54) is 51.4 Å². The Morgan fingerprint density at radius 2 is 0.841 bits per heavy atom. The molecule has 0 unspecified atom stereocenters. The second-order valence-corrected chi connectivity index (χ2v) is 26.0. The monoisotopic (exact) mass is 1250 g/mol. The third-order valence-electron chi connectivity index (χ3n) is 16.5. The van der Waals surface area contributed by atoms with Crippen molar-refractivity contribution in [3.8, 4) is 11.1 Å². The summed E-state index contributed by atoms with van der Waals surface area (Å²) in [4.78, 5) is 17.4. The molecule has 2 saturated carbocycles. The van der Waals surface area contributed by atoms with E-state index in [0.717, 1.165) is 76.4 Å². The van der Waals surface area contributed by atoms with Gasteiger partial charge in [0.25, 0.3) is 0 Å². The summed E-state index contributed by atoms with van der Waals surface area (Å²) >= 11 is 6.76. The average molecular weight is 1250 g/mol. The molecule has 0 bridgehead atoms. The zero-order chi connectivity index (χ0) is 58.8. The van der Waals surface area contributed by atoms with Crippen LogP contribution in [0.15, 0.2) is 89.8 Å². The molecule has 26 heteroatoms. The topological polar surface area (TPSA) is 248 Å². The number of aromatic nitrogens is 10. The number of nitrogens with zero attached hydrogens (tertiary/aromatic N) is 10. The van der Waals surface area contributed by atoms with Crippen molar-refractivity contribution in [2.75, 3.05) is 10.6 Å². The molecule has 0 radical (unpaired) electrons. The predicted octanol–water partition coefficient (Wildman–Crippen LogP) is 12.0. The number of halogens is 2. The lowest BCUT2D eigenvalue weighted by Crippen LogP contribution is -2.41. The van der Waals surface area contributed by atoms with Gasteiger partial charge in [0.2, 0.25) is 0 Å². The lowest BCUT2D eigenvalue weighted by molar-refractivity contribution is 0.00578. The van der Waals surface area contributed by atoms with Gasteiger partial charge in [0.1, 0.15) is 56.4 Å². The number of benzene rings is 3. The van der Waals surface area contributed by atoms with Crippen LogP contribution >= 0.6 is 31.9 Å². The third-order valence-corrected chi connectivity index (χ3v) is 17.6. The number of fused-ring (bicyclic) bond motifs is 3. The van der Waals surface area contributed by atoms with E-state index in [1.807, 2.05) is 158 Å². The van der Waals surface area contributed by atoms with Crippen LogP contribution in [0, 0.1) is 13.8 Å². The zero-order valence-electron chi connectivity index (χ0n) is 49.3. The fourth-order valence-corrected chi connectivity index (χ4v) is 10.2. The van der Waals surface area contributed by atoms with Crippen molar-refractivity contribution >= 4 is 103 Å². The Morgan fingerprint density at radius 1 is 0.451 bits per heavy atom. The van der Waals surface area contributed by atoms with Crippen molar-refractivity contribution in [3.05, 3.63) is 87.6 Å². The molecule has 5 fully saturated rings. The number of hydrogen-bond acceptors (Lipinski definition) is 21. The summed E-state index contributed by atoms with van der Waals surface area (Å²) in [6.07, 6.45) is 13.8. The number of aryl methyl sites for hydroxylation is 2. The summed E-state index contributed by atoms with van der Waals surface area (Å²) in [5.74, 6) is 3.42. The Balaban J connectivity index is 0.000000126. The molecule has 434 valence electrons. The van der Waals surface area contributed by atoms with Gasteiger partial charge in [-0.2, -0.15) is 0 Å². The highest BCUT2D eigenvalue weighted by Crippen LogP contribution is 2.43. The van der Waals surface area contributed by atoms with Crippen molar-refractivity contribution < 1.29 is 41.8 Å². The van der Waals surface area contributed by atoms with Crippen LogP contribution in [0.1, 0.15) is 146 Å². The normalized spacial score (nSPS) is 20.2. The van der Waals surface area contributed by atoms with Crippen LogP contribution < -0.4 is 16.1 Å². The molecule has 8 heterocycles. The fraction of sp³-hybridized carbons (Fsp3) is 0.536. The van der Waals surface area contributed by atoms with E-state index in [1.54, 1.807) is 6.20 Å². The Kier molecular flexibility index (Phi) is 18.4.